The lowest BCUT2D eigenvalue weighted by atomic mass is 9.86. The van der Waals surface area contributed by atoms with E-state index in [0.29, 0.717) is 41.0 Å². The van der Waals surface area contributed by atoms with Crippen LogP contribution in [0.25, 0.3) is 0 Å². The van der Waals surface area contributed by atoms with Crippen LogP contribution in [0.15, 0.2) is 69.2 Å². The van der Waals surface area contributed by atoms with Crippen LogP contribution in [0.3, 0.4) is 0 Å². The number of likely N-dealkylation sites (N-methyl/N-ethyl adjacent to an activating group) is 1. The largest absolute Gasteiger partial charge is 0.467 e. The van der Waals surface area contributed by atoms with Gasteiger partial charge in [0.05, 0.1) is 23.9 Å². The molecule has 208 valence electrons. The lowest BCUT2D eigenvalue weighted by Gasteiger charge is -2.23. The maximum atomic E-state index is 13.5. The van der Waals surface area contributed by atoms with E-state index in [9.17, 15) is 14.7 Å². The van der Waals surface area contributed by atoms with Gasteiger partial charge in [0.1, 0.15) is 23.4 Å². The number of carbonyl (C=O) groups is 2. The fraction of sp³-hybridized carbons (Fsp3) is 0.400. The summed E-state index contributed by atoms with van der Waals surface area (Å²) in [4.78, 5) is 30.8. The molecule has 2 aromatic heterocycles. The second kappa shape index (κ2) is 13.3. The van der Waals surface area contributed by atoms with Crippen molar-refractivity contribution in [3.8, 4) is 0 Å². The van der Waals surface area contributed by atoms with Crippen molar-refractivity contribution in [2.24, 2.45) is 0 Å². The van der Waals surface area contributed by atoms with E-state index in [2.05, 4.69) is 24.1 Å². The maximum Gasteiger partial charge on any atom is 0.255 e. The Balaban J connectivity index is 1.51. The van der Waals surface area contributed by atoms with Crippen LogP contribution in [0, 0.1) is 0 Å². The van der Waals surface area contributed by atoms with Gasteiger partial charge in [0.2, 0.25) is 5.78 Å². The molecule has 2 atom stereocenters. The number of amides is 1. The second-order valence-electron chi connectivity index (χ2n) is 9.86. The Morgan fingerprint density at radius 2 is 1.92 bits per heavy atom. The first-order valence-corrected chi connectivity index (χ1v) is 13.7. The summed E-state index contributed by atoms with van der Waals surface area (Å²) in [5.41, 5.74) is 1.45. The van der Waals surface area contributed by atoms with Crippen molar-refractivity contribution >= 4 is 23.3 Å². The SMILES string of the molecule is CCN(CC)CCC1C=C(C(=O)NCc2ccc(Cl)cc2)C(=O)c2cc(CN(C)C[C@@H](O)c3ccco3)oc21. The van der Waals surface area contributed by atoms with Gasteiger partial charge < -0.3 is 24.2 Å². The molecule has 8 nitrogen and oxygen atoms in total. The van der Waals surface area contributed by atoms with Crippen molar-refractivity contribution in [2.75, 3.05) is 33.2 Å². The third kappa shape index (κ3) is 7.28. The van der Waals surface area contributed by atoms with E-state index in [1.54, 1.807) is 36.4 Å². The van der Waals surface area contributed by atoms with Crippen LogP contribution in [-0.2, 0) is 17.9 Å². The summed E-state index contributed by atoms with van der Waals surface area (Å²) < 4.78 is 11.5. The molecule has 4 rings (SSSR count). The highest BCUT2D eigenvalue weighted by Crippen LogP contribution is 2.35. The van der Waals surface area contributed by atoms with E-state index < -0.39 is 12.0 Å². The Morgan fingerprint density at radius 3 is 2.59 bits per heavy atom. The number of nitrogens with zero attached hydrogens (tertiary/aromatic N) is 2. The zero-order chi connectivity index (χ0) is 27.9. The average Bonchev–Trinajstić information content (AvgIpc) is 3.61. The third-order valence-corrected chi connectivity index (χ3v) is 7.30. The lowest BCUT2D eigenvalue weighted by Crippen LogP contribution is -2.31. The molecule has 0 aliphatic heterocycles. The molecular formula is C30H36ClN3O5. The van der Waals surface area contributed by atoms with E-state index in [1.165, 1.54) is 6.26 Å². The molecule has 3 aromatic rings. The molecule has 1 unspecified atom stereocenters. The first kappa shape index (κ1) is 28.8. The molecule has 1 aliphatic rings. The van der Waals surface area contributed by atoms with E-state index >= 15 is 0 Å². The fourth-order valence-electron chi connectivity index (χ4n) is 4.82. The molecular weight excluding hydrogens is 518 g/mol. The Morgan fingerprint density at radius 1 is 1.18 bits per heavy atom. The van der Waals surface area contributed by atoms with Gasteiger partial charge in [-0.05, 0) is 69.0 Å². The highest BCUT2D eigenvalue weighted by Gasteiger charge is 2.34. The van der Waals surface area contributed by atoms with Gasteiger partial charge in [0, 0.05) is 24.0 Å². The predicted octanol–water partition coefficient (Wildman–Crippen LogP) is 4.95. The molecule has 9 heteroatoms. The first-order valence-electron chi connectivity index (χ1n) is 13.3. The molecule has 0 saturated heterocycles. The van der Waals surface area contributed by atoms with Gasteiger partial charge in [0.15, 0.2) is 0 Å². The lowest BCUT2D eigenvalue weighted by molar-refractivity contribution is -0.117. The summed E-state index contributed by atoms with van der Waals surface area (Å²) >= 11 is 5.96. The number of rotatable bonds is 13. The molecule has 2 N–H and O–H groups in total. The van der Waals surface area contributed by atoms with E-state index in [-0.39, 0.29) is 23.8 Å². The van der Waals surface area contributed by atoms with Crippen molar-refractivity contribution in [1.29, 1.82) is 0 Å². The predicted molar refractivity (Wildman–Crippen MR) is 150 cm³/mol. The Bertz CT molecular complexity index is 1280. The van der Waals surface area contributed by atoms with Gasteiger partial charge in [-0.1, -0.05) is 43.7 Å². The van der Waals surface area contributed by atoms with Crippen LogP contribution in [0.2, 0.25) is 5.02 Å². The number of fused-ring (bicyclic) bond motifs is 1. The Labute approximate surface area is 234 Å². The molecule has 1 aliphatic carbocycles. The number of nitrogens with one attached hydrogen (secondary N) is 1. The molecule has 2 heterocycles. The highest BCUT2D eigenvalue weighted by atomic mass is 35.5. The minimum Gasteiger partial charge on any atom is -0.467 e. The minimum atomic E-state index is -0.782. The van der Waals surface area contributed by atoms with Crippen LogP contribution in [-0.4, -0.2) is 59.8 Å². The number of aliphatic hydroxyl groups excluding tert-OH is 1. The van der Waals surface area contributed by atoms with Crippen molar-refractivity contribution in [1.82, 2.24) is 15.1 Å². The molecule has 1 amide bonds. The number of halogens is 1. The fourth-order valence-corrected chi connectivity index (χ4v) is 4.94. The number of allylic oxidation sites excluding steroid dienone is 1. The van der Waals surface area contributed by atoms with Crippen molar-refractivity contribution in [3.63, 3.8) is 0 Å². The Hall–Kier alpha value is -3.17. The van der Waals surface area contributed by atoms with Gasteiger partial charge in [-0.2, -0.15) is 0 Å². The summed E-state index contributed by atoms with van der Waals surface area (Å²) in [5.74, 6) is 0.733. The minimum absolute atomic E-state index is 0.134. The summed E-state index contributed by atoms with van der Waals surface area (Å²) in [6.07, 6.45) is 3.22. The van der Waals surface area contributed by atoms with Gasteiger partial charge in [-0.25, -0.2) is 0 Å². The monoisotopic (exact) mass is 553 g/mol. The number of carbonyl (C=O) groups excluding carboxylic acids is 2. The number of ketones is 1. The van der Waals surface area contributed by atoms with E-state index in [4.69, 9.17) is 20.4 Å². The van der Waals surface area contributed by atoms with Crippen LogP contribution in [0.5, 0.6) is 0 Å². The zero-order valence-corrected chi connectivity index (χ0v) is 23.4. The molecule has 1 aromatic carbocycles. The van der Waals surface area contributed by atoms with Gasteiger partial charge >= 0.3 is 0 Å². The topological polar surface area (TPSA) is 99.2 Å². The molecule has 0 saturated carbocycles. The molecule has 0 fully saturated rings. The van der Waals surface area contributed by atoms with Crippen LogP contribution < -0.4 is 5.32 Å². The standard InChI is InChI=1S/C30H36ClN3O5/c1-4-34(5-2)13-12-21-15-25(30(37)32-17-20-8-10-22(31)11-9-20)28(36)24-16-23(39-29(21)24)18-33(3)19-26(35)27-7-6-14-38-27/h6-11,14-16,21,26,35H,4-5,12-13,17-19H2,1-3H3,(H,32,37)/t21?,26-/m1/s1. The summed E-state index contributed by atoms with van der Waals surface area (Å²) in [6, 6.07) is 12.4. The number of benzene rings is 1. The zero-order valence-electron chi connectivity index (χ0n) is 22.7. The molecule has 0 spiro atoms. The van der Waals surface area contributed by atoms with Crippen LogP contribution in [0.4, 0.5) is 0 Å². The maximum absolute atomic E-state index is 13.5. The average molecular weight is 554 g/mol. The number of Topliss-reactive ketones (excluding diaryl/α,β-unsaturated/α-hetero) is 1. The van der Waals surface area contributed by atoms with Gasteiger partial charge in [-0.15, -0.1) is 0 Å². The van der Waals surface area contributed by atoms with Crippen molar-refractivity contribution in [3.05, 3.63) is 93.8 Å². The Kier molecular flexibility index (Phi) is 9.80. The number of hydrogen-bond acceptors (Lipinski definition) is 7. The molecule has 0 bridgehead atoms. The molecule has 39 heavy (non-hydrogen) atoms. The number of hydrogen-bond donors (Lipinski definition) is 2. The summed E-state index contributed by atoms with van der Waals surface area (Å²) in [6.45, 7) is 7.88. The van der Waals surface area contributed by atoms with Crippen molar-refractivity contribution < 1.29 is 23.5 Å². The number of aliphatic hydroxyl groups is 1. The smallest absolute Gasteiger partial charge is 0.255 e. The van der Waals surface area contributed by atoms with E-state index in [1.807, 2.05) is 24.1 Å². The number of furan rings is 2. The van der Waals surface area contributed by atoms with Gasteiger partial charge in [-0.3, -0.25) is 14.5 Å². The quantitative estimate of drug-likeness (QED) is 0.289. The van der Waals surface area contributed by atoms with Crippen LogP contribution >= 0.6 is 11.6 Å². The van der Waals surface area contributed by atoms with Gasteiger partial charge in [0.25, 0.3) is 5.91 Å². The highest BCUT2D eigenvalue weighted by molar-refractivity contribution is 6.30. The third-order valence-electron chi connectivity index (χ3n) is 7.05. The summed E-state index contributed by atoms with van der Waals surface area (Å²) in [7, 11) is 1.86. The summed E-state index contributed by atoms with van der Waals surface area (Å²) in [5, 5.41) is 13.9. The van der Waals surface area contributed by atoms with E-state index in [0.717, 1.165) is 31.6 Å². The normalized spacial score (nSPS) is 15.9. The molecule has 0 radical (unpaired) electrons. The second-order valence-corrected chi connectivity index (χ2v) is 10.3. The van der Waals surface area contributed by atoms with Crippen molar-refractivity contribution in [2.45, 2.75) is 45.4 Å². The first-order chi connectivity index (χ1) is 18.8. The van der Waals surface area contributed by atoms with Crippen LogP contribution in [0.1, 0.15) is 65.5 Å².